The molecule has 0 fully saturated rings. The third-order valence-corrected chi connectivity index (χ3v) is 4.34. The average Bonchev–Trinajstić information content (AvgIpc) is 2.79. The molecule has 112 valence electrons. The summed E-state index contributed by atoms with van der Waals surface area (Å²) < 4.78 is 0.664. The van der Waals surface area contributed by atoms with Crippen molar-refractivity contribution >= 4 is 34.9 Å². The first-order chi connectivity index (χ1) is 9.35. The van der Waals surface area contributed by atoms with E-state index in [1.807, 2.05) is 13.0 Å². The van der Waals surface area contributed by atoms with Crippen molar-refractivity contribution < 1.29 is 14.7 Å². The molecule has 0 saturated heterocycles. The van der Waals surface area contributed by atoms with Crippen molar-refractivity contribution in [2.75, 3.05) is 7.05 Å². The quantitative estimate of drug-likeness (QED) is 0.847. The number of thiophene rings is 1. The van der Waals surface area contributed by atoms with Crippen LogP contribution < -0.4 is 5.32 Å². The maximum atomic E-state index is 12.0. The number of carbonyl (C=O) groups is 2. The molecular weight excluding hydrogens is 300 g/mol. The zero-order valence-corrected chi connectivity index (χ0v) is 13.3. The SMILES string of the molecule is CCC(C)C(NC(=O)N(C)Cc1ccc(Cl)s1)C(=O)O. The van der Waals surface area contributed by atoms with E-state index in [-0.39, 0.29) is 5.92 Å². The van der Waals surface area contributed by atoms with Gasteiger partial charge in [-0.3, -0.25) is 0 Å². The van der Waals surface area contributed by atoms with Crippen LogP contribution in [0.3, 0.4) is 0 Å². The summed E-state index contributed by atoms with van der Waals surface area (Å²) in [5.74, 6) is -1.14. The number of nitrogens with zero attached hydrogens (tertiary/aromatic N) is 1. The van der Waals surface area contributed by atoms with Crippen LogP contribution in [0.5, 0.6) is 0 Å². The number of rotatable bonds is 6. The van der Waals surface area contributed by atoms with Crippen LogP contribution in [0.15, 0.2) is 12.1 Å². The summed E-state index contributed by atoms with van der Waals surface area (Å²) in [7, 11) is 1.62. The first-order valence-corrected chi connectivity index (χ1v) is 7.53. The molecule has 5 nitrogen and oxygen atoms in total. The fourth-order valence-corrected chi connectivity index (χ4v) is 2.81. The highest BCUT2D eigenvalue weighted by molar-refractivity contribution is 7.16. The smallest absolute Gasteiger partial charge is 0.326 e. The van der Waals surface area contributed by atoms with Gasteiger partial charge in [-0.15, -0.1) is 11.3 Å². The average molecular weight is 319 g/mol. The molecule has 0 aliphatic rings. The number of urea groups is 1. The Labute approximate surface area is 127 Å². The van der Waals surface area contributed by atoms with Gasteiger partial charge in [-0.2, -0.15) is 0 Å². The van der Waals surface area contributed by atoms with Gasteiger partial charge < -0.3 is 15.3 Å². The van der Waals surface area contributed by atoms with Crippen molar-refractivity contribution in [1.29, 1.82) is 0 Å². The molecule has 2 N–H and O–H groups in total. The van der Waals surface area contributed by atoms with E-state index in [0.717, 1.165) is 4.88 Å². The number of carboxylic acid groups (broad SMARTS) is 1. The second kappa shape index (κ2) is 7.50. The van der Waals surface area contributed by atoms with Gasteiger partial charge in [0.2, 0.25) is 0 Å². The lowest BCUT2D eigenvalue weighted by atomic mass is 9.99. The molecule has 0 bridgehead atoms. The Bertz CT molecular complexity index is 478. The summed E-state index contributed by atoms with van der Waals surface area (Å²) in [4.78, 5) is 25.6. The summed E-state index contributed by atoms with van der Waals surface area (Å²) >= 11 is 7.23. The fourth-order valence-electron chi connectivity index (χ4n) is 1.67. The van der Waals surface area contributed by atoms with E-state index in [1.54, 1.807) is 20.0 Å². The zero-order valence-electron chi connectivity index (χ0n) is 11.7. The molecule has 2 amide bonds. The summed E-state index contributed by atoms with van der Waals surface area (Å²) in [6.45, 7) is 4.10. The largest absolute Gasteiger partial charge is 0.480 e. The monoisotopic (exact) mass is 318 g/mol. The summed E-state index contributed by atoms with van der Waals surface area (Å²) in [5, 5.41) is 11.7. The molecule has 20 heavy (non-hydrogen) atoms. The van der Waals surface area contributed by atoms with Gasteiger partial charge in [0.25, 0.3) is 0 Å². The number of amides is 2. The van der Waals surface area contributed by atoms with Gasteiger partial charge in [0.15, 0.2) is 0 Å². The van der Waals surface area contributed by atoms with Crippen molar-refractivity contribution in [3.8, 4) is 0 Å². The van der Waals surface area contributed by atoms with E-state index >= 15 is 0 Å². The second-order valence-electron chi connectivity index (χ2n) is 4.71. The highest BCUT2D eigenvalue weighted by Crippen LogP contribution is 2.22. The van der Waals surface area contributed by atoms with E-state index in [0.29, 0.717) is 17.3 Å². The van der Waals surface area contributed by atoms with Crippen molar-refractivity contribution in [2.24, 2.45) is 5.92 Å². The van der Waals surface area contributed by atoms with Crippen LogP contribution in [-0.2, 0) is 11.3 Å². The predicted octanol–water partition coefficient (Wildman–Crippen LogP) is 3.04. The molecule has 0 radical (unpaired) electrons. The molecule has 0 saturated carbocycles. The third kappa shape index (κ3) is 4.68. The second-order valence-corrected chi connectivity index (χ2v) is 6.51. The van der Waals surface area contributed by atoms with Crippen LogP contribution in [0.4, 0.5) is 4.79 Å². The lowest BCUT2D eigenvalue weighted by molar-refractivity contribution is -0.140. The number of halogens is 1. The molecular formula is C13H19ClN2O3S. The summed E-state index contributed by atoms with van der Waals surface area (Å²) in [5.41, 5.74) is 0. The molecule has 1 heterocycles. The Morgan fingerprint density at radius 3 is 2.60 bits per heavy atom. The Balaban J connectivity index is 2.61. The van der Waals surface area contributed by atoms with E-state index in [9.17, 15) is 9.59 Å². The molecule has 0 aliphatic heterocycles. The summed E-state index contributed by atoms with van der Waals surface area (Å²) in [6, 6.07) is 2.34. The topological polar surface area (TPSA) is 69.6 Å². The van der Waals surface area contributed by atoms with Gasteiger partial charge in [0, 0.05) is 11.9 Å². The molecule has 0 spiro atoms. The first-order valence-electron chi connectivity index (χ1n) is 6.33. The fraction of sp³-hybridized carbons (Fsp3) is 0.538. The van der Waals surface area contributed by atoms with Crippen LogP contribution in [0.1, 0.15) is 25.1 Å². The lowest BCUT2D eigenvalue weighted by Gasteiger charge is -2.24. The van der Waals surface area contributed by atoms with Crippen molar-refractivity contribution in [2.45, 2.75) is 32.9 Å². The van der Waals surface area contributed by atoms with E-state index in [4.69, 9.17) is 16.7 Å². The standard InChI is InChI=1S/C13H19ClN2O3S/c1-4-8(2)11(12(17)18)15-13(19)16(3)7-9-5-6-10(14)20-9/h5-6,8,11H,4,7H2,1-3H3,(H,15,19)(H,17,18). The van der Waals surface area contributed by atoms with Gasteiger partial charge >= 0.3 is 12.0 Å². The maximum Gasteiger partial charge on any atom is 0.326 e. The number of nitrogens with one attached hydrogen (secondary N) is 1. The maximum absolute atomic E-state index is 12.0. The third-order valence-electron chi connectivity index (χ3n) is 3.13. The number of carbonyl (C=O) groups excluding carboxylic acids is 1. The molecule has 1 aromatic rings. The minimum Gasteiger partial charge on any atom is -0.480 e. The van der Waals surface area contributed by atoms with Crippen molar-refractivity contribution in [3.63, 3.8) is 0 Å². The van der Waals surface area contributed by atoms with E-state index in [1.165, 1.54) is 16.2 Å². The van der Waals surface area contributed by atoms with Crippen LogP contribution in [0.25, 0.3) is 0 Å². The lowest BCUT2D eigenvalue weighted by Crippen LogP contribution is -2.49. The number of carboxylic acids is 1. The van der Waals surface area contributed by atoms with Gasteiger partial charge in [-0.1, -0.05) is 31.9 Å². The van der Waals surface area contributed by atoms with Crippen LogP contribution >= 0.6 is 22.9 Å². The van der Waals surface area contributed by atoms with Gasteiger partial charge in [-0.25, -0.2) is 9.59 Å². The van der Waals surface area contributed by atoms with Crippen LogP contribution in [-0.4, -0.2) is 35.1 Å². The Hall–Kier alpha value is -1.27. The zero-order chi connectivity index (χ0) is 15.3. The van der Waals surface area contributed by atoms with E-state index in [2.05, 4.69) is 5.32 Å². The van der Waals surface area contributed by atoms with Crippen LogP contribution in [0.2, 0.25) is 4.34 Å². The Morgan fingerprint density at radius 2 is 2.15 bits per heavy atom. The van der Waals surface area contributed by atoms with Gasteiger partial charge in [-0.05, 0) is 18.1 Å². The molecule has 1 aromatic heterocycles. The number of aliphatic carboxylic acids is 1. The molecule has 2 atom stereocenters. The summed E-state index contributed by atoms with van der Waals surface area (Å²) in [6.07, 6.45) is 0.682. The van der Waals surface area contributed by atoms with Crippen molar-refractivity contribution in [1.82, 2.24) is 10.2 Å². The van der Waals surface area contributed by atoms with Crippen molar-refractivity contribution in [3.05, 3.63) is 21.3 Å². The highest BCUT2D eigenvalue weighted by atomic mass is 35.5. The Morgan fingerprint density at radius 1 is 1.50 bits per heavy atom. The highest BCUT2D eigenvalue weighted by Gasteiger charge is 2.26. The number of hydrogen-bond acceptors (Lipinski definition) is 3. The molecule has 7 heteroatoms. The minimum atomic E-state index is -1.01. The molecule has 2 unspecified atom stereocenters. The van der Waals surface area contributed by atoms with Gasteiger partial charge in [0.05, 0.1) is 10.9 Å². The predicted molar refractivity (Wildman–Crippen MR) is 80.2 cm³/mol. The Kier molecular flexibility index (Phi) is 6.29. The molecule has 0 aromatic carbocycles. The minimum absolute atomic E-state index is 0.124. The number of hydrogen-bond donors (Lipinski definition) is 2. The van der Waals surface area contributed by atoms with E-state index < -0.39 is 18.0 Å². The molecule has 1 rings (SSSR count). The van der Waals surface area contributed by atoms with Crippen LogP contribution in [0, 0.1) is 5.92 Å². The normalized spacial score (nSPS) is 13.6. The molecule has 0 aliphatic carbocycles. The van der Waals surface area contributed by atoms with Gasteiger partial charge in [0.1, 0.15) is 6.04 Å². The first kappa shape index (κ1) is 16.8.